The van der Waals surface area contributed by atoms with E-state index in [0.29, 0.717) is 50.5 Å². The van der Waals surface area contributed by atoms with E-state index in [0.717, 1.165) is 22.3 Å². The summed E-state index contributed by atoms with van der Waals surface area (Å²) in [6.07, 6.45) is -0.941. The number of rotatable bonds is 18. The fourth-order valence-electron chi connectivity index (χ4n) is 16.8. The summed E-state index contributed by atoms with van der Waals surface area (Å²) in [6, 6.07) is 67.4. The molecular formula is C84H75N7O13. The van der Waals surface area contributed by atoms with Gasteiger partial charge in [0, 0.05) is 35.5 Å². The second kappa shape index (κ2) is 29.5. The topological polar surface area (TPSA) is 288 Å². The Morgan fingerprint density at radius 2 is 1.10 bits per heavy atom. The Morgan fingerprint density at radius 3 is 1.67 bits per heavy atom. The minimum atomic E-state index is -1.76. The van der Waals surface area contributed by atoms with Crippen molar-refractivity contribution in [3.8, 4) is 23.3 Å². The molecule has 0 saturated carbocycles. The zero-order chi connectivity index (χ0) is 72.2. The number of aliphatic hydroxyl groups excluding tert-OH is 2. The van der Waals surface area contributed by atoms with Crippen molar-refractivity contribution in [3.05, 3.63) is 311 Å². The highest BCUT2D eigenvalue weighted by Crippen LogP contribution is 2.67. The summed E-state index contributed by atoms with van der Waals surface area (Å²) in [6.45, 7) is 3.53. The number of nitrogens with zero attached hydrogens (tertiary/aromatic N) is 2. The van der Waals surface area contributed by atoms with E-state index in [1.54, 1.807) is 54.6 Å². The molecule has 4 fully saturated rings. The molecule has 6 aliphatic rings. The maximum absolute atomic E-state index is 15.2. The molecule has 9 N–H and O–H groups in total. The van der Waals surface area contributed by atoms with E-state index in [1.165, 1.54) is 6.08 Å². The first-order valence-electron chi connectivity index (χ1n) is 34.5. The highest BCUT2D eigenvalue weighted by Gasteiger charge is 2.76. The summed E-state index contributed by atoms with van der Waals surface area (Å²) in [5, 5.41) is 42.8. The molecule has 9 aromatic rings. The van der Waals surface area contributed by atoms with E-state index in [1.807, 2.05) is 198 Å². The summed E-state index contributed by atoms with van der Waals surface area (Å²) >= 11 is 0. The number of phenols is 1. The van der Waals surface area contributed by atoms with Gasteiger partial charge in [-0.3, -0.25) is 38.6 Å². The van der Waals surface area contributed by atoms with Gasteiger partial charge in [0.2, 0.25) is 17.7 Å². The average Bonchev–Trinajstić information content (AvgIpc) is 1.52. The van der Waals surface area contributed by atoms with Gasteiger partial charge in [0.1, 0.15) is 59.0 Å². The number of benzene rings is 9. The molecule has 4 saturated heterocycles. The fourth-order valence-corrected chi connectivity index (χ4v) is 16.8. The predicted molar refractivity (Wildman–Crippen MR) is 387 cm³/mol. The lowest BCUT2D eigenvalue weighted by Gasteiger charge is -2.46. The number of anilines is 2. The largest absolute Gasteiger partial charge is 0.508 e. The molecule has 0 radical (unpaired) electrons. The molecule has 20 heteroatoms. The minimum absolute atomic E-state index is 0.0131. The van der Waals surface area contributed by atoms with Crippen molar-refractivity contribution >= 4 is 52.8 Å². The van der Waals surface area contributed by atoms with Crippen molar-refractivity contribution in [1.29, 1.82) is 0 Å². The number of aliphatic hydroxyl groups is 2. The normalized spacial score (nSPS) is 25.0. The monoisotopic (exact) mass is 1390 g/mol. The van der Waals surface area contributed by atoms with Crippen LogP contribution in [0.15, 0.2) is 255 Å². The van der Waals surface area contributed by atoms with Crippen LogP contribution in [-0.4, -0.2) is 105 Å². The molecule has 5 amide bonds. The molecule has 2 spiro atoms. The summed E-state index contributed by atoms with van der Waals surface area (Å²) < 4.78 is 19.0. The lowest BCUT2D eigenvalue weighted by molar-refractivity contribution is -0.178. The number of Topliss-reactive ketones (excluding diaryl/α,β-unsaturated/α-hetero) is 1. The number of ketones is 1. The zero-order valence-corrected chi connectivity index (χ0v) is 56.4. The van der Waals surface area contributed by atoms with E-state index < -0.39 is 107 Å². The second-order valence-corrected chi connectivity index (χ2v) is 26.4. The number of esters is 2. The van der Waals surface area contributed by atoms with Crippen LogP contribution in [0.5, 0.6) is 11.5 Å². The molecule has 0 bridgehead atoms. The van der Waals surface area contributed by atoms with Gasteiger partial charge in [-0.2, -0.15) is 0 Å². The quantitative estimate of drug-likeness (QED) is 0.0225. The van der Waals surface area contributed by atoms with Crippen LogP contribution >= 0.6 is 0 Å². The Kier molecular flexibility index (Phi) is 19.6. The third-order valence-corrected chi connectivity index (χ3v) is 20.8. The Morgan fingerprint density at radius 1 is 0.587 bits per heavy atom. The highest BCUT2D eigenvalue weighted by atomic mass is 16.6. The van der Waals surface area contributed by atoms with Crippen molar-refractivity contribution in [2.75, 3.05) is 36.9 Å². The Labute approximate surface area is 600 Å². The van der Waals surface area contributed by atoms with Gasteiger partial charge in [0.25, 0.3) is 0 Å². The lowest BCUT2D eigenvalue weighted by atomic mass is 9.64. The molecule has 524 valence electrons. The molecular weight excluding hydrogens is 1310 g/mol. The number of urea groups is 1. The van der Waals surface area contributed by atoms with Gasteiger partial charge in [-0.25, -0.2) is 4.79 Å². The molecule has 9 aromatic carbocycles. The van der Waals surface area contributed by atoms with Gasteiger partial charge in [-0.1, -0.05) is 218 Å². The van der Waals surface area contributed by atoms with E-state index in [4.69, 9.17) is 19.9 Å². The molecule has 20 nitrogen and oxygen atoms in total. The number of hydrogen-bond donors (Lipinski definition) is 8. The summed E-state index contributed by atoms with van der Waals surface area (Å²) in [5.74, 6) is 0.833. The number of amides is 5. The summed E-state index contributed by atoms with van der Waals surface area (Å²) in [4.78, 5) is 105. The van der Waals surface area contributed by atoms with Crippen molar-refractivity contribution < 1.29 is 63.1 Å². The van der Waals surface area contributed by atoms with Crippen LogP contribution in [0.3, 0.4) is 0 Å². The van der Waals surface area contributed by atoms with Gasteiger partial charge < -0.3 is 56.5 Å². The van der Waals surface area contributed by atoms with Gasteiger partial charge >= 0.3 is 18.0 Å². The number of nitrogens with two attached hydrogens (primary N) is 1. The van der Waals surface area contributed by atoms with E-state index >= 15 is 4.79 Å². The molecule has 0 unspecified atom stereocenters. The third-order valence-electron chi connectivity index (χ3n) is 20.8. The van der Waals surface area contributed by atoms with Gasteiger partial charge in [-0.15, -0.1) is 6.58 Å². The average molecular weight is 1390 g/mol. The Hall–Kier alpha value is -12.0. The van der Waals surface area contributed by atoms with Crippen LogP contribution in [-0.2, 0) is 49.1 Å². The third kappa shape index (κ3) is 12.3. The van der Waals surface area contributed by atoms with Crippen molar-refractivity contribution in [1.82, 2.24) is 20.4 Å². The Bertz CT molecular complexity index is 4790. The SMILES string of the molecule is C=CCNC(=O)[C@@H]1[C@H]2C(=O)O[C@H](c3ccccc3)[C@H](c3ccccc3)N2[C@H](c2ccccc2OCCO)[C@@]12C(=O)Nc1ccc(C#CCNC(N)=O)cc12.O=C1O[C@H](c2ccccc2)[C@H](c2ccccc2)N2[C@H]1[C@@H](C(=O)CC[C@H](O)c1ccccc1)[C@]1(C(=O)Nc3ccccc31)[C@H]2c1ccc(O)cc1. The summed E-state index contributed by atoms with van der Waals surface area (Å²) in [5.41, 5.74) is 9.56. The van der Waals surface area contributed by atoms with Gasteiger partial charge in [0.15, 0.2) is 0 Å². The highest BCUT2D eigenvalue weighted by molar-refractivity contribution is 6.13. The van der Waals surface area contributed by atoms with E-state index in [2.05, 4.69) is 39.7 Å². The number of phenolic OH excluding ortho intramolecular Hbond substituents is 1. The van der Waals surface area contributed by atoms with Crippen LogP contribution < -0.4 is 31.7 Å². The van der Waals surface area contributed by atoms with Crippen molar-refractivity contribution in [2.45, 2.75) is 78.2 Å². The van der Waals surface area contributed by atoms with Crippen LogP contribution in [0.25, 0.3) is 0 Å². The molecule has 13 atom stereocenters. The van der Waals surface area contributed by atoms with Crippen LogP contribution in [0.2, 0.25) is 0 Å². The number of primary amides is 1. The molecule has 6 aliphatic heterocycles. The number of aromatic hydroxyl groups is 1. The standard InChI is InChI=1S/C42H39N5O7.C42H36N2O6/c1-2-21-44-38(49)33-35-39(50)54-36(28-15-7-4-8-16-28)34(27-13-5-3-6-14-27)47(35)37(29-17-9-10-18-32(29)53-24-23-48)42(33)30-25-26(12-11-22-45-41(43)52)19-20-31(30)46-40(42)51;45-30-22-20-29(21-23-30)39-42(31-18-10-11-19-32(31)43-41(42)49)35(34(47)25-24-33(46)26-12-4-1-5-13-26)37-40(48)50-38(28-16-8-3-9-17-28)36(44(37)39)27-14-6-2-7-15-27/h2-10,13-20,25,33-37,48H,1,21-24H2,(H,44,49)(H,46,51)(H3,43,45,52);1-23,33,35-39,45-46H,24-25H2,(H,43,49)/t33-,34-,35-,36+,37+,42-;33-,35+,36-,37-,38+,39+,42-/m00/s1. The summed E-state index contributed by atoms with van der Waals surface area (Å²) in [7, 11) is 0. The minimum Gasteiger partial charge on any atom is -0.508 e. The number of nitrogens with one attached hydrogen (secondary N) is 4. The van der Waals surface area contributed by atoms with E-state index in [9.17, 15) is 44.1 Å². The second-order valence-electron chi connectivity index (χ2n) is 26.4. The first kappa shape index (κ1) is 69.1. The fraction of sp³-hybridized carbons (Fsp3) is 0.226. The first-order chi connectivity index (χ1) is 50.7. The van der Waals surface area contributed by atoms with Crippen molar-refractivity contribution in [3.63, 3.8) is 0 Å². The number of morpholine rings is 2. The number of hydrogen-bond acceptors (Lipinski definition) is 15. The molecule has 6 heterocycles. The number of ether oxygens (including phenoxy) is 3. The number of cyclic esters (lactones) is 2. The molecule has 0 aromatic heterocycles. The Balaban J connectivity index is 0.000000176. The zero-order valence-electron chi connectivity index (χ0n) is 56.4. The van der Waals surface area contributed by atoms with Crippen LogP contribution in [0, 0.1) is 23.7 Å². The number of para-hydroxylation sites is 2. The van der Waals surface area contributed by atoms with Gasteiger partial charge in [0.05, 0.1) is 55.3 Å². The van der Waals surface area contributed by atoms with Crippen LogP contribution in [0.4, 0.5) is 16.2 Å². The molecule has 104 heavy (non-hydrogen) atoms. The predicted octanol–water partition coefficient (Wildman–Crippen LogP) is 10.4. The molecule has 15 rings (SSSR count). The maximum Gasteiger partial charge on any atom is 0.324 e. The lowest BCUT2D eigenvalue weighted by Crippen LogP contribution is -2.54. The molecule has 0 aliphatic carbocycles. The number of carbonyl (C=O) groups is 7. The van der Waals surface area contributed by atoms with Crippen LogP contribution in [0.1, 0.15) is 111 Å². The first-order valence-corrected chi connectivity index (χ1v) is 34.5. The number of fused-ring (bicyclic) bond motifs is 6. The number of carbonyl (C=O) groups excluding carboxylic acids is 7. The smallest absolute Gasteiger partial charge is 0.324 e. The maximum atomic E-state index is 15.2. The van der Waals surface area contributed by atoms with E-state index in [-0.39, 0.29) is 56.6 Å². The van der Waals surface area contributed by atoms with Gasteiger partial charge in [-0.05, 0) is 93.4 Å². The van der Waals surface area contributed by atoms with Crippen molar-refractivity contribution in [2.24, 2.45) is 17.6 Å².